The number of hydrogen-bond donors (Lipinski definition) is 0. The fraction of sp³-hybridized carbons (Fsp3) is 0.357. The van der Waals surface area contributed by atoms with Crippen LogP contribution in [-0.2, 0) is 30.8 Å². The standard InChI is InChI=1S/C14H12BrF2N5O3/c15-12-2-1-11(22(24)25)9(18-12)3-14(23)20-4-8-5-21(7-13(16)17)19-10(8)6-20/h1-2,5,13H,3-4,6-7H2. The van der Waals surface area contributed by atoms with E-state index in [0.29, 0.717) is 15.9 Å². The van der Waals surface area contributed by atoms with Crippen molar-refractivity contribution in [3.05, 3.63) is 50.0 Å². The Morgan fingerprint density at radius 2 is 2.16 bits per heavy atom. The summed E-state index contributed by atoms with van der Waals surface area (Å²) < 4.78 is 26.3. The third-order valence-corrected chi connectivity index (χ3v) is 4.18. The van der Waals surface area contributed by atoms with Crippen molar-refractivity contribution in [2.24, 2.45) is 0 Å². The minimum Gasteiger partial charge on any atom is -0.332 e. The number of pyridine rings is 1. The summed E-state index contributed by atoms with van der Waals surface area (Å²) in [5.41, 5.74) is 1.10. The number of aromatic nitrogens is 3. The highest BCUT2D eigenvalue weighted by molar-refractivity contribution is 9.10. The van der Waals surface area contributed by atoms with Crippen LogP contribution in [0.4, 0.5) is 14.5 Å². The fourth-order valence-corrected chi connectivity index (χ4v) is 2.99. The molecule has 0 N–H and O–H groups in total. The Balaban J connectivity index is 1.70. The number of amides is 1. The number of rotatable bonds is 5. The van der Waals surface area contributed by atoms with Crippen molar-refractivity contribution in [1.82, 2.24) is 19.7 Å². The SMILES string of the molecule is O=C(Cc1nc(Br)ccc1[N+](=O)[O-])N1Cc2cn(CC(F)F)nc2C1. The summed E-state index contributed by atoms with van der Waals surface area (Å²) in [6, 6.07) is 2.72. The van der Waals surface area contributed by atoms with E-state index in [1.165, 1.54) is 23.2 Å². The number of halogens is 3. The van der Waals surface area contributed by atoms with E-state index in [4.69, 9.17) is 0 Å². The van der Waals surface area contributed by atoms with Gasteiger partial charge in [0.25, 0.3) is 12.1 Å². The molecule has 25 heavy (non-hydrogen) atoms. The Labute approximate surface area is 148 Å². The summed E-state index contributed by atoms with van der Waals surface area (Å²) in [6.07, 6.45) is -1.23. The molecule has 0 saturated carbocycles. The lowest BCUT2D eigenvalue weighted by atomic mass is 10.2. The first kappa shape index (κ1) is 17.4. The van der Waals surface area contributed by atoms with Crippen molar-refractivity contribution in [2.45, 2.75) is 32.5 Å². The highest BCUT2D eigenvalue weighted by atomic mass is 79.9. The maximum Gasteiger partial charge on any atom is 0.291 e. The van der Waals surface area contributed by atoms with E-state index in [1.807, 2.05) is 0 Å². The zero-order valence-corrected chi connectivity index (χ0v) is 14.3. The van der Waals surface area contributed by atoms with Crippen LogP contribution in [0.3, 0.4) is 0 Å². The van der Waals surface area contributed by atoms with Gasteiger partial charge in [0.05, 0.1) is 23.6 Å². The second-order valence-corrected chi connectivity index (χ2v) is 6.31. The monoisotopic (exact) mass is 415 g/mol. The van der Waals surface area contributed by atoms with E-state index in [0.717, 1.165) is 4.68 Å². The average Bonchev–Trinajstić information content (AvgIpc) is 3.04. The molecule has 0 fully saturated rings. The molecule has 1 aliphatic rings. The molecule has 8 nitrogen and oxygen atoms in total. The molecular formula is C14H12BrF2N5O3. The highest BCUT2D eigenvalue weighted by Crippen LogP contribution is 2.25. The van der Waals surface area contributed by atoms with Crippen molar-refractivity contribution in [3.8, 4) is 0 Å². The zero-order chi connectivity index (χ0) is 18.1. The third kappa shape index (κ3) is 3.81. The second kappa shape index (κ2) is 6.82. The summed E-state index contributed by atoms with van der Waals surface area (Å²) >= 11 is 3.13. The molecule has 3 heterocycles. The van der Waals surface area contributed by atoms with Crippen LogP contribution < -0.4 is 0 Å². The second-order valence-electron chi connectivity index (χ2n) is 5.50. The van der Waals surface area contributed by atoms with Gasteiger partial charge in [0.2, 0.25) is 5.91 Å². The van der Waals surface area contributed by atoms with Gasteiger partial charge in [-0.05, 0) is 22.0 Å². The van der Waals surface area contributed by atoms with E-state index in [-0.39, 0.29) is 36.8 Å². The van der Waals surface area contributed by atoms with E-state index in [2.05, 4.69) is 26.0 Å². The van der Waals surface area contributed by atoms with Gasteiger partial charge in [0.1, 0.15) is 16.8 Å². The van der Waals surface area contributed by atoms with Gasteiger partial charge in [-0.15, -0.1) is 0 Å². The first-order valence-corrected chi connectivity index (χ1v) is 8.03. The highest BCUT2D eigenvalue weighted by Gasteiger charge is 2.29. The van der Waals surface area contributed by atoms with Crippen LogP contribution in [0, 0.1) is 10.1 Å². The van der Waals surface area contributed by atoms with E-state index >= 15 is 0 Å². The molecule has 3 rings (SSSR count). The number of nitrogens with zero attached hydrogens (tertiary/aromatic N) is 5. The predicted octanol–water partition coefficient (Wildman–Crippen LogP) is 2.30. The largest absolute Gasteiger partial charge is 0.332 e. The van der Waals surface area contributed by atoms with Crippen LogP contribution in [0.1, 0.15) is 17.0 Å². The van der Waals surface area contributed by atoms with E-state index < -0.39 is 17.9 Å². The topological polar surface area (TPSA) is 94.2 Å². The molecule has 0 spiro atoms. The number of nitro groups is 1. The van der Waals surface area contributed by atoms with Crippen molar-refractivity contribution < 1.29 is 18.5 Å². The van der Waals surface area contributed by atoms with Crippen LogP contribution >= 0.6 is 15.9 Å². The summed E-state index contributed by atoms with van der Waals surface area (Å²) in [4.78, 5) is 28.4. The lowest BCUT2D eigenvalue weighted by molar-refractivity contribution is -0.385. The van der Waals surface area contributed by atoms with Crippen LogP contribution in [0.25, 0.3) is 0 Å². The minimum atomic E-state index is -2.50. The van der Waals surface area contributed by atoms with Crippen molar-refractivity contribution >= 4 is 27.5 Å². The number of carbonyl (C=O) groups excluding carboxylic acids is 1. The Morgan fingerprint density at radius 3 is 2.80 bits per heavy atom. The van der Waals surface area contributed by atoms with Crippen molar-refractivity contribution in [1.29, 1.82) is 0 Å². The van der Waals surface area contributed by atoms with Crippen molar-refractivity contribution in [3.63, 3.8) is 0 Å². The maximum absolute atomic E-state index is 12.4. The van der Waals surface area contributed by atoms with Gasteiger partial charge in [-0.25, -0.2) is 13.8 Å². The smallest absolute Gasteiger partial charge is 0.291 e. The molecule has 11 heteroatoms. The predicted molar refractivity (Wildman–Crippen MR) is 84.8 cm³/mol. The molecular weight excluding hydrogens is 404 g/mol. The number of alkyl halides is 2. The molecule has 0 saturated heterocycles. The van der Waals surface area contributed by atoms with Gasteiger partial charge in [-0.1, -0.05) is 0 Å². The number of fused-ring (bicyclic) bond motifs is 1. The van der Waals surface area contributed by atoms with Crippen LogP contribution in [-0.4, -0.2) is 36.9 Å². The summed E-state index contributed by atoms with van der Waals surface area (Å²) in [6.45, 7) is -0.0689. The van der Waals surface area contributed by atoms with Gasteiger partial charge in [-0.3, -0.25) is 19.6 Å². The number of carbonyl (C=O) groups is 1. The molecule has 132 valence electrons. The van der Waals surface area contributed by atoms with Gasteiger partial charge in [-0.2, -0.15) is 5.10 Å². The summed E-state index contributed by atoms with van der Waals surface area (Å²) in [7, 11) is 0. The van der Waals surface area contributed by atoms with Crippen LogP contribution in [0.5, 0.6) is 0 Å². The number of hydrogen-bond acceptors (Lipinski definition) is 5. The van der Waals surface area contributed by atoms with Gasteiger partial charge >= 0.3 is 0 Å². The first-order valence-electron chi connectivity index (χ1n) is 7.24. The Bertz CT molecular complexity index is 818. The zero-order valence-electron chi connectivity index (χ0n) is 12.7. The third-order valence-electron chi connectivity index (χ3n) is 3.74. The summed E-state index contributed by atoms with van der Waals surface area (Å²) in [5, 5.41) is 15.1. The van der Waals surface area contributed by atoms with Gasteiger partial charge in [0, 0.05) is 24.4 Å². The molecule has 0 unspecified atom stereocenters. The normalized spacial score (nSPS) is 13.4. The minimum absolute atomic E-state index is 0.0664. The molecule has 0 radical (unpaired) electrons. The Morgan fingerprint density at radius 1 is 1.40 bits per heavy atom. The fourth-order valence-electron chi connectivity index (χ4n) is 2.64. The Hall–Kier alpha value is -2.43. The van der Waals surface area contributed by atoms with E-state index in [1.54, 1.807) is 0 Å². The molecule has 0 aromatic carbocycles. The first-order chi connectivity index (χ1) is 11.8. The van der Waals surface area contributed by atoms with E-state index in [9.17, 15) is 23.7 Å². The molecule has 0 aliphatic carbocycles. The molecule has 0 bridgehead atoms. The molecule has 1 aliphatic heterocycles. The van der Waals surface area contributed by atoms with Gasteiger partial charge < -0.3 is 4.90 Å². The van der Waals surface area contributed by atoms with Gasteiger partial charge in [0.15, 0.2) is 0 Å². The van der Waals surface area contributed by atoms with Crippen LogP contribution in [0.2, 0.25) is 0 Å². The Kier molecular flexibility index (Phi) is 4.75. The molecule has 1 amide bonds. The molecule has 2 aromatic rings. The molecule has 0 atom stereocenters. The average molecular weight is 416 g/mol. The van der Waals surface area contributed by atoms with Crippen LogP contribution in [0.15, 0.2) is 22.9 Å². The quantitative estimate of drug-likeness (QED) is 0.424. The lowest BCUT2D eigenvalue weighted by Crippen LogP contribution is -2.28. The molecule has 2 aromatic heterocycles. The maximum atomic E-state index is 12.4. The lowest BCUT2D eigenvalue weighted by Gasteiger charge is -2.15. The van der Waals surface area contributed by atoms with Crippen molar-refractivity contribution in [2.75, 3.05) is 0 Å². The summed E-state index contributed by atoms with van der Waals surface area (Å²) in [5.74, 6) is -0.341.